The van der Waals surface area contributed by atoms with E-state index in [0.717, 1.165) is 33.4 Å². The minimum atomic E-state index is -0.202. The van der Waals surface area contributed by atoms with Gasteiger partial charge < -0.3 is 15.5 Å². The summed E-state index contributed by atoms with van der Waals surface area (Å²) in [4.78, 5) is 39.7. The molecule has 0 fully saturated rings. The van der Waals surface area contributed by atoms with Crippen LogP contribution in [-0.2, 0) is 20.8 Å². The normalized spacial score (nSPS) is 12.6. The zero-order valence-corrected chi connectivity index (χ0v) is 18.9. The van der Waals surface area contributed by atoms with Crippen LogP contribution in [-0.4, -0.2) is 49.3 Å². The first-order valence-corrected chi connectivity index (χ1v) is 10.5. The van der Waals surface area contributed by atoms with E-state index in [4.69, 9.17) is 0 Å². The Bertz CT molecular complexity index is 992. The second-order valence-electron chi connectivity index (χ2n) is 7.49. The molecule has 0 aliphatic carbocycles. The Morgan fingerprint density at radius 3 is 2.43 bits per heavy atom. The van der Waals surface area contributed by atoms with E-state index in [1.54, 1.807) is 29.8 Å². The van der Waals surface area contributed by atoms with Gasteiger partial charge in [0.15, 0.2) is 0 Å². The van der Waals surface area contributed by atoms with E-state index >= 15 is 0 Å². The molecule has 2 aromatic carbocycles. The number of fused-ring (bicyclic) bond motifs is 1. The second kappa shape index (κ2) is 9.40. The third-order valence-corrected chi connectivity index (χ3v) is 5.42. The highest BCUT2D eigenvalue weighted by Crippen LogP contribution is 2.30. The SMILES string of the molecule is CC(=O)N1CCc2cc(NC(=O)CN(C)CC(=O)Nc3ccc(Br)cc3C)ccc21. The molecule has 0 aromatic heterocycles. The maximum Gasteiger partial charge on any atom is 0.238 e. The lowest BCUT2D eigenvalue weighted by Crippen LogP contribution is -2.36. The molecule has 0 radical (unpaired) electrons. The average molecular weight is 473 g/mol. The van der Waals surface area contributed by atoms with Crippen LogP contribution in [0.2, 0.25) is 0 Å². The minimum Gasteiger partial charge on any atom is -0.325 e. The highest BCUT2D eigenvalue weighted by molar-refractivity contribution is 9.10. The number of nitrogens with zero attached hydrogens (tertiary/aromatic N) is 2. The maximum absolute atomic E-state index is 12.4. The monoisotopic (exact) mass is 472 g/mol. The first-order chi connectivity index (χ1) is 14.2. The molecule has 3 rings (SSSR count). The molecule has 1 aliphatic rings. The lowest BCUT2D eigenvalue weighted by Gasteiger charge is -2.17. The van der Waals surface area contributed by atoms with Crippen molar-refractivity contribution in [1.82, 2.24) is 4.90 Å². The molecular formula is C22H25BrN4O3. The van der Waals surface area contributed by atoms with Crippen LogP contribution in [0.4, 0.5) is 17.1 Å². The molecule has 0 spiro atoms. The van der Waals surface area contributed by atoms with Crippen molar-refractivity contribution in [3.05, 3.63) is 52.0 Å². The highest BCUT2D eigenvalue weighted by Gasteiger charge is 2.22. The van der Waals surface area contributed by atoms with Crippen LogP contribution in [0, 0.1) is 6.92 Å². The van der Waals surface area contributed by atoms with Gasteiger partial charge in [0, 0.05) is 35.0 Å². The van der Waals surface area contributed by atoms with Crippen LogP contribution in [0.5, 0.6) is 0 Å². The summed E-state index contributed by atoms with van der Waals surface area (Å²) in [5, 5.41) is 5.73. The van der Waals surface area contributed by atoms with Gasteiger partial charge in [0.1, 0.15) is 0 Å². The van der Waals surface area contributed by atoms with E-state index in [1.807, 2.05) is 37.3 Å². The van der Waals surface area contributed by atoms with Gasteiger partial charge in [0.25, 0.3) is 0 Å². The summed E-state index contributed by atoms with van der Waals surface area (Å²) in [5.74, 6) is -0.368. The molecule has 3 amide bonds. The molecule has 158 valence electrons. The summed E-state index contributed by atoms with van der Waals surface area (Å²) in [7, 11) is 1.72. The zero-order chi connectivity index (χ0) is 21.8. The van der Waals surface area contributed by atoms with Crippen molar-refractivity contribution in [2.24, 2.45) is 0 Å². The van der Waals surface area contributed by atoms with Crippen LogP contribution < -0.4 is 15.5 Å². The third-order valence-electron chi connectivity index (χ3n) is 4.93. The van der Waals surface area contributed by atoms with Gasteiger partial charge in [0.05, 0.1) is 13.1 Å². The van der Waals surface area contributed by atoms with Crippen molar-refractivity contribution >= 4 is 50.7 Å². The van der Waals surface area contributed by atoms with Crippen LogP contribution in [0.3, 0.4) is 0 Å². The molecule has 1 aliphatic heterocycles. The summed E-state index contributed by atoms with van der Waals surface area (Å²) >= 11 is 3.40. The number of anilines is 3. The third kappa shape index (κ3) is 5.46. The Morgan fingerprint density at radius 2 is 1.77 bits per heavy atom. The van der Waals surface area contributed by atoms with Gasteiger partial charge >= 0.3 is 0 Å². The van der Waals surface area contributed by atoms with Gasteiger partial charge in [-0.05, 0) is 67.9 Å². The molecule has 1 heterocycles. The predicted octanol–water partition coefficient (Wildman–Crippen LogP) is 3.18. The molecular weight excluding hydrogens is 448 g/mol. The number of benzene rings is 2. The number of rotatable bonds is 6. The summed E-state index contributed by atoms with van der Waals surface area (Å²) in [5.41, 5.74) is 4.34. The highest BCUT2D eigenvalue weighted by atomic mass is 79.9. The second-order valence-corrected chi connectivity index (χ2v) is 8.41. The maximum atomic E-state index is 12.4. The average Bonchev–Trinajstić information content (AvgIpc) is 3.07. The first-order valence-electron chi connectivity index (χ1n) is 9.68. The number of halogens is 1. The number of carbonyl (C=O) groups excluding carboxylic acids is 3. The van der Waals surface area contributed by atoms with E-state index in [0.29, 0.717) is 12.2 Å². The van der Waals surface area contributed by atoms with Crippen LogP contribution in [0.1, 0.15) is 18.1 Å². The molecule has 7 nitrogen and oxygen atoms in total. The molecule has 0 saturated carbocycles. The quantitative estimate of drug-likeness (QED) is 0.676. The van der Waals surface area contributed by atoms with Crippen molar-refractivity contribution < 1.29 is 14.4 Å². The van der Waals surface area contributed by atoms with Crippen molar-refractivity contribution in [2.75, 3.05) is 42.2 Å². The molecule has 0 bridgehead atoms. The number of likely N-dealkylation sites (N-methyl/N-ethyl adjacent to an activating group) is 1. The Balaban J connectivity index is 1.51. The van der Waals surface area contributed by atoms with E-state index in [1.165, 1.54) is 0 Å². The van der Waals surface area contributed by atoms with Crippen molar-refractivity contribution in [3.8, 4) is 0 Å². The topological polar surface area (TPSA) is 81.8 Å². The van der Waals surface area contributed by atoms with Gasteiger partial charge in [-0.3, -0.25) is 19.3 Å². The van der Waals surface area contributed by atoms with E-state index in [-0.39, 0.29) is 30.8 Å². The van der Waals surface area contributed by atoms with Crippen molar-refractivity contribution in [1.29, 1.82) is 0 Å². The Kier molecular flexibility index (Phi) is 6.89. The molecule has 2 aromatic rings. The standard InChI is InChI=1S/C22H25BrN4O3/c1-14-10-17(23)4-6-19(14)25-22(30)13-26(3)12-21(29)24-18-5-7-20-16(11-18)8-9-27(20)15(2)28/h4-7,10-11H,8-9,12-13H2,1-3H3,(H,24,29)(H,25,30). The predicted molar refractivity (Wildman–Crippen MR) is 122 cm³/mol. The lowest BCUT2D eigenvalue weighted by molar-refractivity contribution is -0.119. The minimum absolute atomic E-state index is 0.0174. The summed E-state index contributed by atoms with van der Waals surface area (Å²) in [6, 6.07) is 11.2. The Labute approximate surface area is 184 Å². The van der Waals surface area contributed by atoms with E-state index in [2.05, 4.69) is 26.6 Å². The fourth-order valence-electron chi connectivity index (χ4n) is 3.51. The molecule has 0 atom stereocenters. The number of hydrogen-bond acceptors (Lipinski definition) is 4. The fraction of sp³-hybridized carbons (Fsp3) is 0.318. The number of aryl methyl sites for hydroxylation is 1. The molecule has 0 saturated heterocycles. The molecule has 0 unspecified atom stereocenters. The summed E-state index contributed by atoms with van der Waals surface area (Å²) < 4.78 is 0.951. The summed E-state index contributed by atoms with van der Waals surface area (Å²) in [6.45, 7) is 4.32. The van der Waals surface area contributed by atoms with E-state index < -0.39 is 0 Å². The van der Waals surface area contributed by atoms with Crippen LogP contribution >= 0.6 is 15.9 Å². The number of hydrogen-bond donors (Lipinski definition) is 2. The van der Waals surface area contributed by atoms with Gasteiger partial charge in [-0.15, -0.1) is 0 Å². The van der Waals surface area contributed by atoms with E-state index in [9.17, 15) is 14.4 Å². The lowest BCUT2D eigenvalue weighted by atomic mass is 10.1. The number of amides is 3. The van der Waals surface area contributed by atoms with Crippen LogP contribution in [0.15, 0.2) is 40.9 Å². The molecule has 30 heavy (non-hydrogen) atoms. The largest absolute Gasteiger partial charge is 0.325 e. The van der Waals surface area contributed by atoms with Crippen molar-refractivity contribution in [2.45, 2.75) is 20.3 Å². The first kappa shape index (κ1) is 22.0. The van der Waals surface area contributed by atoms with Crippen LogP contribution in [0.25, 0.3) is 0 Å². The number of nitrogens with one attached hydrogen (secondary N) is 2. The van der Waals surface area contributed by atoms with Gasteiger partial charge in [-0.2, -0.15) is 0 Å². The Hall–Kier alpha value is -2.71. The smallest absolute Gasteiger partial charge is 0.238 e. The van der Waals surface area contributed by atoms with Crippen molar-refractivity contribution in [3.63, 3.8) is 0 Å². The Morgan fingerprint density at radius 1 is 1.07 bits per heavy atom. The van der Waals surface area contributed by atoms with Gasteiger partial charge in [-0.1, -0.05) is 15.9 Å². The fourth-order valence-corrected chi connectivity index (χ4v) is 3.99. The summed E-state index contributed by atoms with van der Waals surface area (Å²) in [6.07, 6.45) is 0.772. The van der Waals surface area contributed by atoms with Gasteiger partial charge in [0.2, 0.25) is 17.7 Å². The molecule has 2 N–H and O–H groups in total. The molecule has 8 heteroatoms. The number of carbonyl (C=O) groups is 3. The van der Waals surface area contributed by atoms with Gasteiger partial charge in [-0.25, -0.2) is 0 Å². The zero-order valence-electron chi connectivity index (χ0n) is 17.3.